The van der Waals surface area contributed by atoms with Gasteiger partial charge in [0.2, 0.25) is 5.91 Å². The van der Waals surface area contributed by atoms with Gasteiger partial charge in [-0.1, -0.05) is 13.0 Å². The van der Waals surface area contributed by atoms with Crippen LogP contribution in [0.2, 0.25) is 0 Å². The Labute approximate surface area is 115 Å². The number of carbonyl (C=O) groups excluding carboxylic acids is 1. The molecule has 1 amide bonds. The van der Waals surface area contributed by atoms with Crippen molar-refractivity contribution in [3.8, 4) is 0 Å². The first kappa shape index (κ1) is 14.0. The molecule has 4 nitrogen and oxygen atoms in total. The zero-order chi connectivity index (χ0) is 13.6. The van der Waals surface area contributed by atoms with E-state index in [4.69, 9.17) is 0 Å². The number of amides is 1. The Morgan fingerprint density at radius 1 is 1.47 bits per heavy atom. The summed E-state index contributed by atoms with van der Waals surface area (Å²) in [6, 6.07) is 3.97. The van der Waals surface area contributed by atoms with Crippen molar-refractivity contribution in [2.45, 2.75) is 32.6 Å². The molecule has 0 unspecified atom stereocenters. The lowest BCUT2D eigenvalue weighted by molar-refractivity contribution is -0.132. The molecule has 0 bridgehead atoms. The Balaban J connectivity index is 1.83. The molecular weight excluding hydrogens is 238 g/mol. The summed E-state index contributed by atoms with van der Waals surface area (Å²) < 4.78 is 0. The fraction of sp³-hybridized carbons (Fsp3) is 0.600. The summed E-state index contributed by atoms with van der Waals surface area (Å²) in [6.07, 6.45) is 7.28. The van der Waals surface area contributed by atoms with Crippen molar-refractivity contribution in [3.63, 3.8) is 0 Å². The summed E-state index contributed by atoms with van der Waals surface area (Å²) in [6.45, 7) is 4.71. The number of nitrogens with zero attached hydrogens (tertiary/aromatic N) is 1. The van der Waals surface area contributed by atoms with Crippen LogP contribution in [0.25, 0.3) is 0 Å². The molecule has 0 radical (unpaired) electrons. The molecule has 1 aliphatic heterocycles. The normalized spacial score (nSPS) is 17.9. The third kappa shape index (κ3) is 3.53. The predicted molar refractivity (Wildman–Crippen MR) is 75.8 cm³/mol. The van der Waals surface area contributed by atoms with E-state index in [2.05, 4.69) is 22.5 Å². The Morgan fingerprint density at radius 2 is 2.26 bits per heavy atom. The fourth-order valence-corrected chi connectivity index (χ4v) is 2.70. The van der Waals surface area contributed by atoms with Crippen molar-refractivity contribution >= 4 is 5.91 Å². The summed E-state index contributed by atoms with van der Waals surface area (Å²) in [5.41, 5.74) is 1.01. The topological polar surface area (TPSA) is 54.0 Å². The van der Waals surface area contributed by atoms with Crippen molar-refractivity contribution < 1.29 is 4.79 Å². The predicted octanol–water partition coefficient (Wildman–Crippen LogP) is 1.52. The molecule has 0 aromatic carbocycles. The molecule has 104 valence electrons. The maximum absolute atomic E-state index is 12.4. The van der Waals surface area contributed by atoms with Crippen LogP contribution in [0.1, 0.15) is 31.7 Å². The van der Waals surface area contributed by atoms with Gasteiger partial charge in [0, 0.05) is 18.9 Å². The standard InChI is InChI=1S/C15H23N3O/c1-2-15(6-10-16-11-7-15)14(19)18-9-5-13-4-3-8-17-12-13/h3-4,8,12,16H,2,5-7,9-11H2,1H3,(H,18,19). The van der Waals surface area contributed by atoms with Crippen LogP contribution < -0.4 is 10.6 Å². The highest BCUT2D eigenvalue weighted by molar-refractivity contribution is 5.82. The average Bonchev–Trinajstić information content (AvgIpc) is 2.49. The summed E-state index contributed by atoms with van der Waals surface area (Å²) in [5, 5.41) is 6.42. The number of aromatic nitrogens is 1. The Morgan fingerprint density at radius 3 is 2.89 bits per heavy atom. The maximum atomic E-state index is 12.4. The van der Waals surface area contributed by atoms with Gasteiger partial charge in [0.25, 0.3) is 0 Å². The molecule has 0 atom stereocenters. The van der Waals surface area contributed by atoms with Crippen LogP contribution in [0.3, 0.4) is 0 Å². The minimum Gasteiger partial charge on any atom is -0.355 e. The van der Waals surface area contributed by atoms with E-state index in [1.165, 1.54) is 5.56 Å². The van der Waals surface area contributed by atoms with E-state index in [0.717, 1.165) is 38.8 Å². The number of piperidine rings is 1. The molecule has 1 aromatic rings. The van der Waals surface area contributed by atoms with Gasteiger partial charge in [0.05, 0.1) is 5.41 Å². The first-order valence-electron chi connectivity index (χ1n) is 7.15. The lowest BCUT2D eigenvalue weighted by Gasteiger charge is -2.35. The first-order chi connectivity index (χ1) is 9.27. The quantitative estimate of drug-likeness (QED) is 0.845. The minimum absolute atomic E-state index is 0.153. The minimum atomic E-state index is -0.153. The molecular formula is C15H23N3O. The van der Waals surface area contributed by atoms with E-state index in [0.29, 0.717) is 6.54 Å². The SMILES string of the molecule is CCC1(C(=O)NCCc2cccnc2)CCNCC1. The van der Waals surface area contributed by atoms with Gasteiger partial charge in [-0.2, -0.15) is 0 Å². The van der Waals surface area contributed by atoms with Crippen LogP contribution in [-0.4, -0.2) is 30.5 Å². The highest BCUT2D eigenvalue weighted by Crippen LogP contribution is 2.32. The van der Waals surface area contributed by atoms with Crippen LogP contribution >= 0.6 is 0 Å². The molecule has 2 rings (SSSR count). The molecule has 4 heteroatoms. The van der Waals surface area contributed by atoms with Crippen LogP contribution in [0, 0.1) is 5.41 Å². The number of carbonyl (C=O) groups is 1. The van der Waals surface area contributed by atoms with Gasteiger partial charge < -0.3 is 10.6 Å². The third-order valence-corrected chi connectivity index (χ3v) is 4.14. The summed E-state index contributed by atoms with van der Waals surface area (Å²) >= 11 is 0. The molecule has 2 heterocycles. The van der Waals surface area contributed by atoms with Crippen LogP contribution in [-0.2, 0) is 11.2 Å². The van der Waals surface area contributed by atoms with Crippen molar-refractivity contribution in [1.29, 1.82) is 0 Å². The van der Waals surface area contributed by atoms with E-state index in [1.54, 1.807) is 6.20 Å². The van der Waals surface area contributed by atoms with E-state index >= 15 is 0 Å². The zero-order valence-electron chi connectivity index (χ0n) is 11.6. The summed E-state index contributed by atoms with van der Waals surface area (Å²) in [4.78, 5) is 16.5. The van der Waals surface area contributed by atoms with Gasteiger partial charge in [0.1, 0.15) is 0 Å². The number of pyridine rings is 1. The zero-order valence-corrected chi connectivity index (χ0v) is 11.6. The lowest BCUT2D eigenvalue weighted by atomic mass is 9.76. The summed E-state index contributed by atoms with van der Waals surface area (Å²) in [5.74, 6) is 0.223. The van der Waals surface area contributed by atoms with Gasteiger partial charge in [-0.05, 0) is 50.4 Å². The second kappa shape index (κ2) is 6.66. The highest BCUT2D eigenvalue weighted by Gasteiger charge is 2.37. The van der Waals surface area contributed by atoms with Crippen LogP contribution in [0.15, 0.2) is 24.5 Å². The van der Waals surface area contributed by atoms with Crippen molar-refractivity contribution in [2.24, 2.45) is 5.41 Å². The molecule has 19 heavy (non-hydrogen) atoms. The molecule has 2 N–H and O–H groups in total. The lowest BCUT2D eigenvalue weighted by Crippen LogP contribution is -2.47. The average molecular weight is 261 g/mol. The van der Waals surface area contributed by atoms with E-state index in [-0.39, 0.29) is 11.3 Å². The number of hydrogen-bond donors (Lipinski definition) is 2. The highest BCUT2D eigenvalue weighted by atomic mass is 16.2. The smallest absolute Gasteiger partial charge is 0.226 e. The van der Waals surface area contributed by atoms with Gasteiger partial charge in [-0.15, -0.1) is 0 Å². The van der Waals surface area contributed by atoms with Crippen molar-refractivity contribution in [1.82, 2.24) is 15.6 Å². The number of rotatable bonds is 5. The third-order valence-electron chi connectivity index (χ3n) is 4.14. The van der Waals surface area contributed by atoms with Gasteiger partial charge in [-0.3, -0.25) is 9.78 Å². The molecule has 1 fully saturated rings. The number of hydrogen-bond acceptors (Lipinski definition) is 3. The summed E-state index contributed by atoms with van der Waals surface area (Å²) in [7, 11) is 0. The van der Waals surface area contributed by atoms with E-state index < -0.39 is 0 Å². The Hall–Kier alpha value is -1.42. The van der Waals surface area contributed by atoms with Crippen molar-refractivity contribution in [2.75, 3.05) is 19.6 Å². The molecule has 1 saturated heterocycles. The number of nitrogens with one attached hydrogen (secondary N) is 2. The second-order valence-corrected chi connectivity index (χ2v) is 5.25. The van der Waals surface area contributed by atoms with Crippen LogP contribution in [0.4, 0.5) is 0 Å². The van der Waals surface area contributed by atoms with E-state index in [1.807, 2.05) is 18.3 Å². The van der Waals surface area contributed by atoms with Gasteiger partial charge in [-0.25, -0.2) is 0 Å². The Bertz CT molecular complexity index is 399. The fourth-order valence-electron chi connectivity index (χ4n) is 2.70. The maximum Gasteiger partial charge on any atom is 0.226 e. The van der Waals surface area contributed by atoms with Crippen molar-refractivity contribution in [3.05, 3.63) is 30.1 Å². The van der Waals surface area contributed by atoms with E-state index in [9.17, 15) is 4.79 Å². The largest absolute Gasteiger partial charge is 0.355 e. The Kier molecular flexibility index (Phi) is 4.91. The molecule has 0 aliphatic carbocycles. The first-order valence-corrected chi connectivity index (χ1v) is 7.15. The monoisotopic (exact) mass is 261 g/mol. The molecule has 0 saturated carbocycles. The van der Waals surface area contributed by atoms with Gasteiger partial charge >= 0.3 is 0 Å². The van der Waals surface area contributed by atoms with Gasteiger partial charge in [0.15, 0.2) is 0 Å². The molecule has 1 aromatic heterocycles. The molecule has 1 aliphatic rings. The molecule has 0 spiro atoms. The van der Waals surface area contributed by atoms with Crippen LogP contribution in [0.5, 0.6) is 0 Å². The second-order valence-electron chi connectivity index (χ2n) is 5.25.